The first kappa shape index (κ1) is 14.4. The van der Waals surface area contributed by atoms with Crippen molar-refractivity contribution in [2.45, 2.75) is 6.92 Å². The Labute approximate surface area is 133 Å². The SMILES string of the molecule is Cc1ccnc(Oc2ccc(N3CCNCC3)cc2)c1Br. The van der Waals surface area contributed by atoms with Crippen molar-refractivity contribution >= 4 is 21.6 Å². The van der Waals surface area contributed by atoms with Crippen LogP contribution in [0, 0.1) is 6.92 Å². The molecule has 4 nitrogen and oxygen atoms in total. The Balaban J connectivity index is 1.73. The number of benzene rings is 1. The molecule has 21 heavy (non-hydrogen) atoms. The van der Waals surface area contributed by atoms with Gasteiger partial charge in [-0.25, -0.2) is 4.98 Å². The van der Waals surface area contributed by atoms with Gasteiger partial charge in [0.25, 0.3) is 0 Å². The molecule has 0 atom stereocenters. The van der Waals surface area contributed by atoms with Crippen LogP contribution in [0.4, 0.5) is 5.69 Å². The van der Waals surface area contributed by atoms with Gasteiger partial charge in [0.2, 0.25) is 5.88 Å². The average Bonchev–Trinajstić information content (AvgIpc) is 2.53. The molecule has 0 bridgehead atoms. The van der Waals surface area contributed by atoms with Crippen molar-refractivity contribution in [2.75, 3.05) is 31.1 Å². The quantitative estimate of drug-likeness (QED) is 0.923. The molecule has 1 aromatic carbocycles. The molecule has 1 aromatic heterocycles. The van der Waals surface area contributed by atoms with Crippen LogP contribution in [0.25, 0.3) is 0 Å². The lowest BCUT2D eigenvalue weighted by molar-refractivity contribution is 0.459. The zero-order valence-corrected chi connectivity index (χ0v) is 13.6. The van der Waals surface area contributed by atoms with Gasteiger partial charge < -0.3 is 15.0 Å². The maximum atomic E-state index is 5.84. The normalized spacial score (nSPS) is 15.0. The highest BCUT2D eigenvalue weighted by atomic mass is 79.9. The van der Waals surface area contributed by atoms with Crippen LogP contribution in [0.15, 0.2) is 41.0 Å². The molecule has 110 valence electrons. The summed E-state index contributed by atoms with van der Waals surface area (Å²) in [6.07, 6.45) is 1.75. The van der Waals surface area contributed by atoms with E-state index < -0.39 is 0 Å². The van der Waals surface area contributed by atoms with Gasteiger partial charge in [-0.05, 0) is 58.7 Å². The predicted molar refractivity (Wildman–Crippen MR) is 88.3 cm³/mol. The highest BCUT2D eigenvalue weighted by molar-refractivity contribution is 9.10. The van der Waals surface area contributed by atoms with Gasteiger partial charge >= 0.3 is 0 Å². The van der Waals surface area contributed by atoms with Crippen molar-refractivity contribution in [1.82, 2.24) is 10.3 Å². The zero-order chi connectivity index (χ0) is 14.7. The average molecular weight is 348 g/mol. The Hall–Kier alpha value is -1.59. The highest BCUT2D eigenvalue weighted by Crippen LogP contribution is 2.30. The summed E-state index contributed by atoms with van der Waals surface area (Å²) in [7, 11) is 0. The molecule has 0 aliphatic carbocycles. The van der Waals surface area contributed by atoms with E-state index in [4.69, 9.17) is 4.74 Å². The van der Waals surface area contributed by atoms with Gasteiger partial charge in [-0.2, -0.15) is 0 Å². The van der Waals surface area contributed by atoms with E-state index in [1.807, 2.05) is 25.1 Å². The Morgan fingerprint density at radius 1 is 1.14 bits per heavy atom. The lowest BCUT2D eigenvalue weighted by atomic mass is 10.2. The van der Waals surface area contributed by atoms with Crippen LogP contribution in [0.5, 0.6) is 11.6 Å². The molecular formula is C16H18BrN3O. The summed E-state index contributed by atoms with van der Waals surface area (Å²) in [5.74, 6) is 1.40. The second kappa shape index (κ2) is 6.45. The van der Waals surface area contributed by atoms with E-state index in [9.17, 15) is 0 Å². The van der Waals surface area contributed by atoms with Crippen LogP contribution < -0.4 is 15.0 Å². The number of pyridine rings is 1. The fraction of sp³-hybridized carbons (Fsp3) is 0.312. The third kappa shape index (κ3) is 3.36. The van der Waals surface area contributed by atoms with Crippen LogP contribution in [0.1, 0.15) is 5.56 Å². The Kier molecular flexibility index (Phi) is 4.41. The number of nitrogens with one attached hydrogen (secondary N) is 1. The predicted octanol–water partition coefficient (Wildman–Crippen LogP) is 3.35. The van der Waals surface area contributed by atoms with Crippen LogP contribution in [-0.2, 0) is 0 Å². The molecule has 0 spiro atoms. The van der Waals surface area contributed by atoms with Crippen molar-refractivity contribution < 1.29 is 4.74 Å². The Morgan fingerprint density at radius 2 is 1.86 bits per heavy atom. The van der Waals surface area contributed by atoms with Crippen molar-refractivity contribution in [3.63, 3.8) is 0 Å². The summed E-state index contributed by atoms with van der Waals surface area (Å²) >= 11 is 3.51. The van der Waals surface area contributed by atoms with Crippen LogP contribution in [0.3, 0.4) is 0 Å². The van der Waals surface area contributed by atoms with Gasteiger partial charge in [0.05, 0.1) is 4.47 Å². The molecule has 0 amide bonds. The number of hydrogen-bond donors (Lipinski definition) is 1. The minimum absolute atomic E-state index is 0.602. The molecular weight excluding hydrogens is 330 g/mol. The number of ether oxygens (including phenoxy) is 1. The molecule has 3 rings (SSSR count). The van der Waals surface area contributed by atoms with E-state index in [-0.39, 0.29) is 0 Å². The number of rotatable bonds is 3. The highest BCUT2D eigenvalue weighted by Gasteiger charge is 2.11. The molecule has 0 radical (unpaired) electrons. The summed E-state index contributed by atoms with van der Waals surface area (Å²) in [5, 5.41) is 3.36. The summed E-state index contributed by atoms with van der Waals surface area (Å²) < 4.78 is 6.74. The molecule has 5 heteroatoms. The molecule has 1 aliphatic heterocycles. The van der Waals surface area contributed by atoms with E-state index in [0.717, 1.165) is 42.0 Å². The summed E-state index contributed by atoms with van der Waals surface area (Å²) in [5.41, 5.74) is 2.34. The minimum atomic E-state index is 0.602. The van der Waals surface area contributed by atoms with Crippen molar-refractivity contribution in [2.24, 2.45) is 0 Å². The number of piperazine rings is 1. The third-order valence-electron chi connectivity index (χ3n) is 3.58. The van der Waals surface area contributed by atoms with Crippen molar-refractivity contribution in [1.29, 1.82) is 0 Å². The zero-order valence-electron chi connectivity index (χ0n) is 12.0. The second-order valence-corrected chi connectivity index (χ2v) is 5.87. The largest absolute Gasteiger partial charge is 0.438 e. The second-order valence-electron chi connectivity index (χ2n) is 5.08. The summed E-state index contributed by atoms with van der Waals surface area (Å²) in [6, 6.07) is 10.1. The first-order valence-electron chi connectivity index (χ1n) is 7.09. The van der Waals surface area contributed by atoms with E-state index in [2.05, 4.69) is 43.3 Å². The lowest BCUT2D eigenvalue weighted by Gasteiger charge is -2.29. The number of halogens is 1. The first-order valence-corrected chi connectivity index (χ1v) is 7.88. The molecule has 1 aliphatic rings. The fourth-order valence-electron chi connectivity index (χ4n) is 2.35. The fourth-order valence-corrected chi connectivity index (χ4v) is 2.66. The van der Waals surface area contributed by atoms with Crippen molar-refractivity contribution in [3.8, 4) is 11.6 Å². The van der Waals surface area contributed by atoms with Gasteiger partial charge in [0.1, 0.15) is 5.75 Å². The van der Waals surface area contributed by atoms with Gasteiger partial charge in [-0.3, -0.25) is 0 Å². The molecule has 1 fully saturated rings. The molecule has 1 N–H and O–H groups in total. The first-order chi connectivity index (χ1) is 10.2. The maximum Gasteiger partial charge on any atom is 0.233 e. The molecule has 2 aromatic rings. The van der Waals surface area contributed by atoms with Gasteiger partial charge in [0, 0.05) is 38.1 Å². The number of aryl methyl sites for hydroxylation is 1. The minimum Gasteiger partial charge on any atom is -0.438 e. The smallest absolute Gasteiger partial charge is 0.233 e. The number of hydrogen-bond acceptors (Lipinski definition) is 4. The topological polar surface area (TPSA) is 37.4 Å². The van der Waals surface area contributed by atoms with E-state index in [0.29, 0.717) is 5.88 Å². The van der Waals surface area contributed by atoms with Crippen LogP contribution in [-0.4, -0.2) is 31.2 Å². The van der Waals surface area contributed by atoms with E-state index in [1.165, 1.54) is 5.69 Å². The summed E-state index contributed by atoms with van der Waals surface area (Å²) in [4.78, 5) is 6.63. The monoisotopic (exact) mass is 347 g/mol. The standard InChI is InChI=1S/C16H18BrN3O/c1-12-6-7-19-16(15(12)17)21-14-4-2-13(3-5-14)20-10-8-18-9-11-20/h2-7,18H,8-11H2,1H3. The van der Waals surface area contributed by atoms with E-state index >= 15 is 0 Å². The number of nitrogens with zero attached hydrogens (tertiary/aromatic N) is 2. The van der Waals surface area contributed by atoms with Crippen LogP contribution in [0.2, 0.25) is 0 Å². The third-order valence-corrected chi connectivity index (χ3v) is 4.55. The van der Waals surface area contributed by atoms with Gasteiger partial charge in [-0.15, -0.1) is 0 Å². The van der Waals surface area contributed by atoms with Crippen LogP contribution >= 0.6 is 15.9 Å². The molecule has 0 unspecified atom stereocenters. The Morgan fingerprint density at radius 3 is 2.57 bits per heavy atom. The van der Waals surface area contributed by atoms with Gasteiger partial charge in [0.15, 0.2) is 0 Å². The lowest BCUT2D eigenvalue weighted by Crippen LogP contribution is -2.43. The van der Waals surface area contributed by atoms with E-state index in [1.54, 1.807) is 6.20 Å². The molecule has 1 saturated heterocycles. The number of aromatic nitrogens is 1. The van der Waals surface area contributed by atoms with Gasteiger partial charge in [-0.1, -0.05) is 0 Å². The Bertz CT molecular complexity index is 609. The molecule has 0 saturated carbocycles. The van der Waals surface area contributed by atoms with Crippen molar-refractivity contribution in [3.05, 3.63) is 46.6 Å². The molecule has 2 heterocycles. The maximum absolute atomic E-state index is 5.84. The number of anilines is 1. The summed E-state index contributed by atoms with van der Waals surface area (Å²) in [6.45, 7) is 6.19.